The fourth-order valence-electron chi connectivity index (χ4n) is 4.79. The summed E-state index contributed by atoms with van der Waals surface area (Å²) in [6.07, 6.45) is 5.89. The molecule has 1 aromatic carbocycles. The van der Waals surface area contributed by atoms with E-state index in [1.165, 1.54) is 25.7 Å². The molecule has 3 aliphatic rings. The summed E-state index contributed by atoms with van der Waals surface area (Å²) in [6, 6.07) is 10.1. The van der Waals surface area contributed by atoms with Gasteiger partial charge in [-0.05, 0) is 49.1 Å². The van der Waals surface area contributed by atoms with E-state index in [-0.39, 0.29) is 11.9 Å². The number of carbonyl (C=O) groups excluding carboxylic acids is 1. The molecular formula is C22H25N5O2. The van der Waals surface area contributed by atoms with Crippen molar-refractivity contribution in [1.29, 1.82) is 5.26 Å². The normalized spacial score (nSPS) is 21.7. The standard InChI is InChI=1S/C22H25N5O2/c23-12-15-5-6-21-16(9-15)10-17(14-29-21)24-22(28)20-11-19-13-26(7-8-27(19)25-20)18-3-1-2-4-18/h5-6,9,11,17-18H,1-4,7-8,10,13-14H2,(H,24,28). The van der Waals surface area contributed by atoms with Crippen LogP contribution in [0, 0.1) is 11.3 Å². The monoisotopic (exact) mass is 391 g/mol. The molecule has 1 aliphatic carbocycles. The van der Waals surface area contributed by atoms with Gasteiger partial charge in [-0.15, -0.1) is 0 Å². The smallest absolute Gasteiger partial charge is 0.272 e. The van der Waals surface area contributed by atoms with Crippen molar-refractivity contribution in [2.45, 2.75) is 57.3 Å². The molecule has 1 N–H and O–H groups in total. The minimum atomic E-state index is -0.159. The molecule has 2 aliphatic heterocycles. The van der Waals surface area contributed by atoms with E-state index in [0.29, 0.717) is 30.3 Å². The molecule has 7 nitrogen and oxygen atoms in total. The largest absolute Gasteiger partial charge is 0.491 e. The van der Waals surface area contributed by atoms with Crippen molar-refractivity contribution in [3.05, 3.63) is 46.8 Å². The number of nitriles is 1. The van der Waals surface area contributed by atoms with Gasteiger partial charge in [-0.2, -0.15) is 10.4 Å². The Labute approximate surface area is 170 Å². The highest BCUT2D eigenvalue weighted by Gasteiger charge is 2.28. The number of amides is 1. The predicted octanol–water partition coefficient (Wildman–Crippen LogP) is 2.25. The number of aromatic nitrogens is 2. The number of hydrogen-bond donors (Lipinski definition) is 1. The first-order chi connectivity index (χ1) is 14.2. The van der Waals surface area contributed by atoms with Gasteiger partial charge < -0.3 is 10.1 Å². The molecule has 1 atom stereocenters. The number of benzene rings is 1. The molecule has 1 unspecified atom stereocenters. The van der Waals surface area contributed by atoms with Crippen LogP contribution >= 0.6 is 0 Å². The predicted molar refractivity (Wildman–Crippen MR) is 107 cm³/mol. The molecule has 0 bridgehead atoms. The molecule has 0 saturated heterocycles. The van der Waals surface area contributed by atoms with Gasteiger partial charge in [0.05, 0.1) is 29.9 Å². The summed E-state index contributed by atoms with van der Waals surface area (Å²) in [5.74, 6) is 0.631. The van der Waals surface area contributed by atoms with Crippen LogP contribution in [-0.2, 0) is 19.5 Å². The zero-order valence-corrected chi connectivity index (χ0v) is 16.4. The van der Waals surface area contributed by atoms with Gasteiger partial charge in [0, 0.05) is 19.1 Å². The molecule has 1 saturated carbocycles. The van der Waals surface area contributed by atoms with Crippen LogP contribution in [0.4, 0.5) is 0 Å². The summed E-state index contributed by atoms with van der Waals surface area (Å²) in [5, 5.41) is 16.7. The van der Waals surface area contributed by atoms with E-state index in [9.17, 15) is 4.79 Å². The number of nitrogens with zero attached hydrogens (tertiary/aromatic N) is 4. The van der Waals surface area contributed by atoms with Crippen molar-refractivity contribution in [1.82, 2.24) is 20.0 Å². The van der Waals surface area contributed by atoms with Crippen molar-refractivity contribution in [3.63, 3.8) is 0 Å². The lowest BCUT2D eigenvalue weighted by Gasteiger charge is -2.32. The van der Waals surface area contributed by atoms with E-state index < -0.39 is 0 Å². The number of fused-ring (bicyclic) bond motifs is 2. The lowest BCUT2D eigenvalue weighted by Crippen LogP contribution is -2.43. The van der Waals surface area contributed by atoms with Crippen molar-refractivity contribution in [2.24, 2.45) is 0 Å². The second-order valence-electron chi connectivity index (χ2n) is 8.27. The molecule has 150 valence electrons. The summed E-state index contributed by atoms with van der Waals surface area (Å²) in [4.78, 5) is 15.3. The highest BCUT2D eigenvalue weighted by molar-refractivity contribution is 5.92. The summed E-state index contributed by atoms with van der Waals surface area (Å²) >= 11 is 0. The van der Waals surface area contributed by atoms with Crippen LogP contribution in [-0.4, -0.2) is 45.8 Å². The quantitative estimate of drug-likeness (QED) is 0.868. The average Bonchev–Trinajstić information content (AvgIpc) is 3.42. The number of hydrogen-bond acceptors (Lipinski definition) is 5. The van der Waals surface area contributed by atoms with Crippen molar-refractivity contribution in [3.8, 4) is 11.8 Å². The van der Waals surface area contributed by atoms with Gasteiger partial charge in [0.15, 0.2) is 5.69 Å². The maximum absolute atomic E-state index is 12.8. The van der Waals surface area contributed by atoms with Gasteiger partial charge in [-0.3, -0.25) is 14.4 Å². The minimum absolute atomic E-state index is 0.127. The van der Waals surface area contributed by atoms with Gasteiger partial charge in [-0.25, -0.2) is 0 Å². The molecule has 3 heterocycles. The maximum atomic E-state index is 12.8. The number of carbonyl (C=O) groups is 1. The van der Waals surface area contributed by atoms with Gasteiger partial charge in [-0.1, -0.05) is 12.8 Å². The van der Waals surface area contributed by atoms with Gasteiger partial charge in [0.25, 0.3) is 5.91 Å². The Bertz CT molecular complexity index is 970. The molecule has 5 rings (SSSR count). The number of ether oxygens (including phenoxy) is 1. The van der Waals surface area contributed by atoms with Gasteiger partial charge >= 0.3 is 0 Å². The Morgan fingerprint density at radius 1 is 1.24 bits per heavy atom. The van der Waals surface area contributed by atoms with E-state index in [0.717, 1.165) is 36.6 Å². The molecule has 0 radical (unpaired) electrons. The molecule has 7 heteroatoms. The van der Waals surface area contributed by atoms with Crippen molar-refractivity contribution in [2.75, 3.05) is 13.2 Å². The van der Waals surface area contributed by atoms with E-state index in [4.69, 9.17) is 10.00 Å². The Kier molecular flexibility index (Phi) is 4.72. The van der Waals surface area contributed by atoms with Crippen LogP contribution in [0.3, 0.4) is 0 Å². The van der Waals surface area contributed by atoms with Crippen LogP contribution in [0.1, 0.15) is 53.0 Å². The van der Waals surface area contributed by atoms with Crippen LogP contribution < -0.4 is 10.1 Å². The highest BCUT2D eigenvalue weighted by atomic mass is 16.5. The van der Waals surface area contributed by atoms with E-state index in [1.54, 1.807) is 6.07 Å². The third-order valence-corrected chi connectivity index (χ3v) is 6.33. The van der Waals surface area contributed by atoms with Crippen LogP contribution in [0.5, 0.6) is 5.75 Å². The third kappa shape index (κ3) is 3.60. The summed E-state index contributed by atoms with van der Waals surface area (Å²) in [6.45, 7) is 3.15. The topological polar surface area (TPSA) is 83.2 Å². The van der Waals surface area contributed by atoms with Crippen LogP contribution in [0.25, 0.3) is 0 Å². The first kappa shape index (κ1) is 18.2. The van der Waals surface area contributed by atoms with E-state index in [1.807, 2.05) is 22.9 Å². The average molecular weight is 391 g/mol. The lowest BCUT2D eigenvalue weighted by molar-refractivity contribution is 0.0909. The Hall–Kier alpha value is -2.85. The maximum Gasteiger partial charge on any atom is 0.272 e. The zero-order valence-electron chi connectivity index (χ0n) is 16.4. The van der Waals surface area contributed by atoms with Crippen LogP contribution in [0.2, 0.25) is 0 Å². The van der Waals surface area contributed by atoms with Gasteiger partial charge in [0.1, 0.15) is 12.4 Å². The first-order valence-corrected chi connectivity index (χ1v) is 10.5. The number of nitrogens with one attached hydrogen (secondary N) is 1. The molecule has 2 aromatic rings. The second-order valence-corrected chi connectivity index (χ2v) is 8.27. The minimum Gasteiger partial charge on any atom is -0.491 e. The highest BCUT2D eigenvalue weighted by Crippen LogP contribution is 2.28. The number of rotatable bonds is 3. The van der Waals surface area contributed by atoms with E-state index in [2.05, 4.69) is 21.4 Å². The Balaban J connectivity index is 1.25. The fourth-order valence-corrected chi connectivity index (χ4v) is 4.79. The molecule has 1 fully saturated rings. The lowest BCUT2D eigenvalue weighted by atomic mass is 10.0. The summed E-state index contributed by atoms with van der Waals surface area (Å²) in [7, 11) is 0. The summed E-state index contributed by atoms with van der Waals surface area (Å²) in [5.41, 5.74) is 3.16. The van der Waals surface area contributed by atoms with Crippen LogP contribution in [0.15, 0.2) is 24.3 Å². The second kappa shape index (κ2) is 7.53. The summed E-state index contributed by atoms with van der Waals surface area (Å²) < 4.78 is 7.75. The Morgan fingerprint density at radius 3 is 2.93 bits per heavy atom. The molecule has 1 aromatic heterocycles. The first-order valence-electron chi connectivity index (χ1n) is 10.5. The van der Waals surface area contributed by atoms with Crippen molar-refractivity contribution >= 4 is 5.91 Å². The molecule has 1 amide bonds. The molecule has 29 heavy (non-hydrogen) atoms. The van der Waals surface area contributed by atoms with Crippen molar-refractivity contribution < 1.29 is 9.53 Å². The SMILES string of the molecule is N#Cc1ccc2c(c1)CC(NC(=O)c1cc3n(n1)CCN(C1CCCC1)C3)CO2. The fraction of sp³-hybridized carbons (Fsp3) is 0.500. The van der Waals surface area contributed by atoms with Gasteiger partial charge in [0.2, 0.25) is 0 Å². The molecular weight excluding hydrogens is 366 g/mol. The molecule has 0 spiro atoms. The zero-order chi connectivity index (χ0) is 19.8. The van der Waals surface area contributed by atoms with E-state index >= 15 is 0 Å². The Morgan fingerprint density at radius 2 is 2.10 bits per heavy atom. The third-order valence-electron chi connectivity index (χ3n) is 6.33.